The normalized spacial score (nSPS) is 10.8. The number of carbonyl (C=O) groups is 1. The van der Waals surface area contributed by atoms with Gasteiger partial charge in [-0.15, -0.1) is 11.3 Å². The molecule has 0 aliphatic carbocycles. The van der Waals surface area contributed by atoms with Crippen molar-refractivity contribution in [2.75, 3.05) is 26.3 Å². The van der Waals surface area contributed by atoms with Crippen LogP contribution in [0.3, 0.4) is 0 Å². The van der Waals surface area contributed by atoms with E-state index in [1.807, 2.05) is 0 Å². The number of nitrogens with zero attached hydrogens (tertiary/aromatic N) is 2. The first-order valence-corrected chi connectivity index (χ1v) is 7.74. The van der Waals surface area contributed by atoms with Crippen LogP contribution in [-0.2, 0) is 0 Å². The Balaban J connectivity index is 2.39. The van der Waals surface area contributed by atoms with Gasteiger partial charge in [-0.3, -0.25) is 4.79 Å². The van der Waals surface area contributed by atoms with Crippen LogP contribution in [-0.4, -0.2) is 52.3 Å². The van der Waals surface area contributed by atoms with Gasteiger partial charge in [0.05, 0.1) is 24.5 Å². The number of rotatable bonds is 6. The molecule has 2 N–H and O–H groups in total. The van der Waals surface area contributed by atoms with E-state index in [0.29, 0.717) is 5.69 Å². The second kappa shape index (κ2) is 7.58. The van der Waals surface area contributed by atoms with Gasteiger partial charge >= 0.3 is 0 Å². The van der Waals surface area contributed by atoms with Gasteiger partial charge in [-0.2, -0.15) is 0 Å². The Labute approximate surface area is 135 Å². The Hall–Kier alpha value is -1.90. The van der Waals surface area contributed by atoms with Gasteiger partial charge in [0.2, 0.25) is 0 Å². The second-order valence-corrected chi connectivity index (χ2v) is 5.77. The van der Waals surface area contributed by atoms with E-state index in [1.54, 1.807) is 6.92 Å². The number of aliphatic hydroxyl groups is 2. The van der Waals surface area contributed by atoms with Crippen LogP contribution < -0.4 is 0 Å². The quantitative estimate of drug-likeness (QED) is 0.840. The standard InChI is InChI=1S/C15H16F2N2O3S/c1-9-13(15(22)19(5-7-20)6-8-21)23-14(18-9)12-10(16)3-2-4-11(12)17/h2-4,20-21H,5-8H2,1H3. The van der Waals surface area contributed by atoms with Crippen molar-refractivity contribution < 1.29 is 23.8 Å². The number of aryl methyl sites for hydroxylation is 1. The molecule has 23 heavy (non-hydrogen) atoms. The van der Waals surface area contributed by atoms with Crippen molar-refractivity contribution in [3.05, 3.63) is 40.4 Å². The van der Waals surface area contributed by atoms with Crippen LogP contribution in [0.25, 0.3) is 10.6 Å². The zero-order valence-electron chi connectivity index (χ0n) is 12.4. The number of thiazole rings is 1. The maximum atomic E-state index is 13.8. The summed E-state index contributed by atoms with van der Waals surface area (Å²) in [7, 11) is 0. The highest BCUT2D eigenvalue weighted by molar-refractivity contribution is 7.17. The monoisotopic (exact) mass is 342 g/mol. The molecule has 0 unspecified atom stereocenters. The molecule has 0 spiro atoms. The lowest BCUT2D eigenvalue weighted by Gasteiger charge is -2.19. The number of amides is 1. The number of carbonyl (C=O) groups excluding carboxylic acids is 1. The molecule has 2 rings (SSSR count). The molecule has 1 aromatic carbocycles. The maximum Gasteiger partial charge on any atom is 0.266 e. The molecule has 124 valence electrons. The number of aromatic nitrogens is 1. The molecule has 8 heteroatoms. The number of halogens is 2. The smallest absolute Gasteiger partial charge is 0.266 e. The molecule has 1 aromatic heterocycles. The Morgan fingerprint density at radius 2 is 1.78 bits per heavy atom. The maximum absolute atomic E-state index is 13.8. The molecule has 0 fully saturated rings. The predicted octanol–water partition coefficient (Wildman–Crippen LogP) is 1.82. The molecule has 0 aliphatic rings. The Morgan fingerprint density at radius 3 is 2.30 bits per heavy atom. The fourth-order valence-corrected chi connectivity index (χ4v) is 3.19. The molecule has 0 aliphatic heterocycles. The highest BCUT2D eigenvalue weighted by Crippen LogP contribution is 2.32. The minimum absolute atomic E-state index is 0.0557. The number of aliphatic hydroxyl groups excluding tert-OH is 2. The van der Waals surface area contributed by atoms with Gasteiger partial charge in [-0.25, -0.2) is 13.8 Å². The van der Waals surface area contributed by atoms with Crippen LogP contribution >= 0.6 is 11.3 Å². The van der Waals surface area contributed by atoms with Crippen LogP contribution in [0.2, 0.25) is 0 Å². The summed E-state index contributed by atoms with van der Waals surface area (Å²) in [4.78, 5) is 18.0. The molecule has 0 atom stereocenters. The summed E-state index contributed by atoms with van der Waals surface area (Å²) in [6.45, 7) is 1.18. The Kier molecular flexibility index (Phi) is 5.75. The first kappa shape index (κ1) is 17.5. The highest BCUT2D eigenvalue weighted by atomic mass is 32.1. The van der Waals surface area contributed by atoms with Crippen molar-refractivity contribution in [2.45, 2.75) is 6.92 Å². The summed E-state index contributed by atoms with van der Waals surface area (Å²) in [5.74, 6) is -1.94. The number of benzene rings is 1. The van der Waals surface area contributed by atoms with Gasteiger partial charge in [0.25, 0.3) is 5.91 Å². The minimum Gasteiger partial charge on any atom is -0.395 e. The Bertz CT molecular complexity index is 680. The zero-order valence-corrected chi connectivity index (χ0v) is 13.2. The third kappa shape index (κ3) is 3.72. The lowest BCUT2D eigenvalue weighted by molar-refractivity contribution is 0.0688. The van der Waals surface area contributed by atoms with Crippen LogP contribution in [0.4, 0.5) is 8.78 Å². The van der Waals surface area contributed by atoms with E-state index in [9.17, 15) is 13.6 Å². The molecule has 0 bridgehead atoms. The molecule has 0 saturated heterocycles. The summed E-state index contributed by atoms with van der Waals surface area (Å²) >= 11 is 0.883. The lowest BCUT2D eigenvalue weighted by atomic mass is 10.2. The molecule has 0 radical (unpaired) electrons. The molecular formula is C15H16F2N2O3S. The summed E-state index contributed by atoms with van der Waals surface area (Å²) in [5, 5.41) is 18.1. The van der Waals surface area contributed by atoms with Crippen molar-refractivity contribution in [3.8, 4) is 10.6 Å². The van der Waals surface area contributed by atoms with E-state index in [1.165, 1.54) is 11.0 Å². The highest BCUT2D eigenvalue weighted by Gasteiger charge is 2.23. The van der Waals surface area contributed by atoms with Crippen molar-refractivity contribution in [3.63, 3.8) is 0 Å². The van der Waals surface area contributed by atoms with Crippen LogP contribution in [0, 0.1) is 18.6 Å². The summed E-state index contributed by atoms with van der Waals surface area (Å²) < 4.78 is 27.7. The van der Waals surface area contributed by atoms with Gasteiger partial charge in [0.1, 0.15) is 21.5 Å². The average molecular weight is 342 g/mol. The van der Waals surface area contributed by atoms with Crippen LogP contribution in [0.15, 0.2) is 18.2 Å². The van der Waals surface area contributed by atoms with Crippen molar-refractivity contribution in [2.24, 2.45) is 0 Å². The zero-order chi connectivity index (χ0) is 17.0. The van der Waals surface area contributed by atoms with Gasteiger partial charge in [0, 0.05) is 13.1 Å². The van der Waals surface area contributed by atoms with Crippen molar-refractivity contribution >= 4 is 17.2 Å². The van der Waals surface area contributed by atoms with Gasteiger partial charge in [-0.05, 0) is 19.1 Å². The Morgan fingerprint density at radius 1 is 1.22 bits per heavy atom. The fraction of sp³-hybridized carbons (Fsp3) is 0.333. The second-order valence-electron chi connectivity index (χ2n) is 4.77. The first-order chi connectivity index (χ1) is 11.0. The molecule has 2 aromatic rings. The molecule has 1 amide bonds. The first-order valence-electron chi connectivity index (χ1n) is 6.92. The molecular weight excluding hydrogens is 326 g/mol. The fourth-order valence-electron chi connectivity index (χ4n) is 2.10. The molecule has 5 nitrogen and oxygen atoms in total. The largest absolute Gasteiger partial charge is 0.395 e. The van der Waals surface area contributed by atoms with Gasteiger partial charge in [0.15, 0.2) is 0 Å². The van der Waals surface area contributed by atoms with E-state index in [-0.39, 0.29) is 41.8 Å². The van der Waals surface area contributed by atoms with Gasteiger partial charge in [-0.1, -0.05) is 6.07 Å². The van der Waals surface area contributed by atoms with Crippen LogP contribution in [0.5, 0.6) is 0 Å². The summed E-state index contributed by atoms with van der Waals surface area (Å²) in [6.07, 6.45) is 0. The topological polar surface area (TPSA) is 73.7 Å². The van der Waals surface area contributed by atoms with E-state index in [0.717, 1.165) is 23.5 Å². The summed E-state index contributed by atoms with van der Waals surface area (Å²) in [6, 6.07) is 3.51. The average Bonchev–Trinajstić information content (AvgIpc) is 2.87. The summed E-state index contributed by atoms with van der Waals surface area (Å²) in [5.41, 5.74) is 0.0778. The number of hydrogen-bond acceptors (Lipinski definition) is 5. The van der Waals surface area contributed by atoms with E-state index in [4.69, 9.17) is 10.2 Å². The van der Waals surface area contributed by atoms with E-state index in [2.05, 4.69) is 4.98 Å². The van der Waals surface area contributed by atoms with Crippen molar-refractivity contribution in [1.29, 1.82) is 0 Å². The van der Waals surface area contributed by atoms with Gasteiger partial charge < -0.3 is 15.1 Å². The molecule has 0 saturated carbocycles. The van der Waals surface area contributed by atoms with Crippen LogP contribution in [0.1, 0.15) is 15.4 Å². The molecule has 1 heterocycles. The predicted molar refractivity (Wildman–Crippen MR) is 82.3 cm³/mol. The lowest BCUT2D eigenvalue weighted by Crippen LogP contribution is -2.35. The van der Waals surface area contributed by atoms with E-state index < -0.39 is 17.5 Å². The third-order valence-corrected chi connectivity index (χ3v) is 4.36. The number of hydrogen-bond donors (Lipinski definition) is 2. The van der Waals surface area contributed by atoms with E-state index >= 15 is 0 Å². The minimum atomic E-state index is -0.750. The van der Waals surface area contributed by atoms with Crippen molar-refractivity contribution in [1.82, 2.24) is 9.88 Å². The third-order valence-electron chi connectivity index (χ3n) is 3.19. The SMILES string of the molecule is Cc1nc(-c2c(F)cccc2F)sc1C(=O)N(CCO)CCO.